The number of alkyl halides is 3. The van der Waals surface area contributed by atoms with Crippen molar-refractivity contribution >= 4 is 78.1 Å². The number of aromatic hydroxyl groups is 2. The number of rotatable bonds is 12. The number of para-hydroxylation sites is 1. The number of fused-ring (bicyclic) bond motifs is 4. The smallest absolute Gasteiger partial charge is 0.416 e. The molecule has 22 heteroatoms. The van der Waals surface area contributed by atoms with E-state index in [2.05, 4.69) is 9.80 Å². The number of anilines is 2. The summed E-state index contributed by atoms with van der Waals surface area (Å²) in [5, 5.41) is 48.0. The highest BCUT2D eigenvalue weighted by molar-refractivity contribution is 7.99. The Morgan fingerprint density at radius 2 is 1.50 bits per heavy atom. The molecular weight excluding hydrogens is 938 g/mol. The Morgan fingerprint density at radius 1 is 0.848 bits per heavy atom. The maximum atomic E-state index is 13.3. The summed E-state index contributed by atoms with van der Waals surface area (Å²) in [6, 6.07) is 13.1. The Bertz CT molecular complexity index is 2540. The fourth-order valence-electron chi connectivity index (χ4n) is 7.40. The van der Waals surface area contributed by atoms with Crippen LogP contribution in [0.1, 0.15) is 59.7 Å². The van der Waals surface area contributed by atoms with E-state index in [0.717, 1.165) is 60.7 Å². The van der Waals surface area contributed by atoms with Crippen molar-refractivity contribution in [3.05, 3.63) is 99.6 Å². The zero-order valence-corrected chi connectivity index (χ0v) is 37.6. The molecule has 16 nitrogen and oxygen atoms in total. The molecule has 66 heavy (non-hydrogen) atoms. The van der Waals surface area contributed by atoms with E-state index in [1.807, 2.05) is 29.2 Å². The molecule has 0 atom stereocenters. The van der Waals surface area contributed by atoms with Crippen LogP contribution in [0.15, 0.2) is 70.5 Å². The molecule has 4 aromatic rings. The molecule has 3 heterocycles. The summed E-state index contributed by atoms with van der Waals surface area (Å²) in [6.45, 7) is 8.12. The van der Waals surface area contributed by atoms with Crippen LogP contribution < -0.4 is 14.4 Å². The van der Waals surface area contributed by atoms with Gasteiger partial charge in [-0.3, -0.25) is 9.69 Å². The number of carboxylic acids is 2. The number of aldehydes is 1. The van der Waals surface area contributed by atoms with Gasteiger partial charge >= 0.3 is 30.1 Å². The summed E-state index contributed by atoms with van der Waals surface area (Å²) >= 11 is 1.53. The van der Waals surface area contributed by atoms with Crippen molar-refractivity contribution in [3.63, 3.8) is 0 Å². The van der Waals surface area contributed by atoms with Gasteiger partial charge in [-0.15, -0.1) is 24.8 Å². The van der Waals surface area contributed by atoms with Gasteiger partial charge < -0.3 is 49.5 Å². The predicted molar refractivity (Wildman–Crippen MR) is 238 cm³/mol. The van der Waals surface area contributed by atoms with E-state index < -0.39 is 81.9 Å². The molecule has 3 aliphatic heterocycles. The topological polar surface area (TPSA) is 224 Å². The van der Waals surface area contributed by atoms with Gasteiger partial charge in [-0.2, -0.15) is 13.2 Å². The second-order valence-corrected chi connectivity index (χ2v) is 15.8. The van der Waals surface area contributed by atoms with Gasteiger partial charge in [0.25, 0.3) is 0 Å². The van der Waals surface area contributed by atoms with Crippen LogP contribution in [0, 0.1) is 13.8 Å². The molecule has 354 valence electrons. The lowest BCUT2D eigenvalue weighted by Gasteiger charge is -2.36. The van der Waals surface area contributed by atoms with Crippen LogP contribution >= 0.6 is 36.6 Å². The number of benzene rings is 4. The number of aliphatic carboxylic acids is 1. The average Bonchev–Trinajstić information content (AvgIpc) is 3.39. The van der Waals surface area contributed by atoms with Gasteiger partial charge in [-0.25, -0.2) is 19.2 Å². The quantitative estimate of drug-likeness (QED) is 0.0404. The van der Waals surface area contributed by atoms with E-state index in [1.165, 1.54) is 37.7 Å². The first-order chi connectivity index (χ1) is 30.4. The molecule has 7 rings (SSSR count). The van der Waals surface area contributed by atoms with Gasteiger partial charge in [0.1, 0.15) is 29.2 Å². The monoisotopic (exact) mass is 981 g/mol. The van der Waals surface area contributed by atoms with Gasteiger partial charge in [0, 0.05) is 66.8 Å². The lowest BCUT2D eigenvalue weighted by Crippen LogP contribution is -2.47. The molecule has 3 aliphatic rings. The lowest BCUT2D eigenvalue weighted by atomic mass is 10.0. The summed E-state index contributed by atoms with van der Waals surface area (Å²) in [5.41, 5.74) is -0.793. The van der Waals surface area contributed by atoms with Crippen molar-refractivity contribution < 1.29 is 76.9 Å². The van der Waals surface area contributed by atoms with E-state index in [9.17, 15) is 52.5 Å². The van der Waals surface area contributed by atoms with Crippen LogP contribution in [0.5, 0.6) is 28.7 Å². The van der Waals surface area contributed by atoms with Gasteiger partial charge in [-0.05, 0) is 68.8 Å². The zero-order chi connectivity index (χ0) is 46.5. The number of hydrogen-bond donors (Lipinski definition) is 5. The first kappa shape index (κ1) is 52.6. The average molecular weight is 983 g/mol. The second kappa shape index (κ2) is 22.4. The third kappa shape index (κ3) is 11.7. The summed E-state index contributed by atoms with van der Waals surface area (Å²) in [5.74, 6) is -7.91. The van der Waals surface area contributed by atoms with Gasteiger partial charge in [0.2, 0.25) is 0 Å². The molecule has 0 amide bonds. The van der Waals surface area contributed by atoms with E-state index in [-0.39, 0.29) is 60.1 Å². The number of aryl methyl sites for hydroxylation is 1. The number of hydrogen-bond acceptors (Lipinski definition) is 15. The fourth-order valence-corrected chi connectivity index (χ4v) is 8.47. The summed E-state index contributed by atoms with van der Waals surface area (Å²) in [6.07, 6.45) is -2.18. The zero-order valence-electron chi connectivity index (χ0n) is 35.1. The molecule has 1 saturated heterocycles. The summed E-state index contributed by atoms with van der Waals surface area (Å²) in [7, 11) is 0. The number of aromatic carboxylic acids is 1. The van der Waals surface area contributed by atoms with Crippen molar-refractivity contribution in [1.29, 1.82) is 0 Å². The first-order valence-corrected chi connectivity index (χ1v) is 20.5. The minimum atomic E-state index is -4.35. The Labute approximate surface area is 392 Å². The van der Waals surface area contributed by atoms with E-state index in [0.29, 0.717) is 30.9 Å². The highest BCUT2D eigenvalue weighted by Crippen LogP contribution is 2.51. The van der Waals surface area contributed by atoms with Gasteiger partial charge in [0.05, 0.1) is 34.7 Å². The molecule has 0 spiro atoms. The van der Waals surface area contributed by atoms with Crippen LogP contribution in [0.4, 0.5) is 24.5 Å². The largest absolute Gasteiger partial charge is 0.507 e. The number of carbonyl (C=O) groups is 5. The van der Waals surface area contributed by atoms with Gasteiger partial charge in [0.15, 0.2) is 23.5 Å². The number of phenols is 2. The third-order valence-corrected chi connectivity index (χ3v) is 11.7. The molecule has 1 fully saturated rings. The van der Waals surface area contributed by atoms with Crippen LogP contribution in [0.3, 0.4) is 0 Å². The number of aliphatic hydroxyl groups is 1. The Kier molecular flexibility index (Phi) is 17.9. The number of halogens is 5. The molecule has 0 unspecified atom stereocenters. The van der Waals surface area contributed by atoms with Crippen molar-refractivity contribution in [2.24, 2.45) is 0 Å². The fraction of sp³-hybridized carbons (Fsp3) is 0.295. The van der Waals surface area contributed by atoms with Crippen LogP contribution in [-0.4, -0.2) is 118 Å². The molecule has 0 aliphatic carbocycles. The number of nitrogens with zero attached hydrogens (tertiary/aromatic N) is 3. The third-order valence-electron chi connectivity index (χ3n) is 10.6. The van der Waals surface area contributed by atoms with Crippen LogP contribution in [-0.2, 0) is 27.1 Å². The van der Waals surface area contributed by atoms with Crippen molar-refractivity contribution in [2.75, 3.05) is 57.3 Å². The molecule has 0 radical (unpaired) electrons. The molecule has 4 aromatic carbocycles. The molecule has 5 N–H and O–H groups in total. The van der Waals surface area contributed by atoms with E-state index in [1.54, 1.807) is 6.07 Å². The number of β-amino-alcohol motifs (C(OH)–C–C–N with tert-alkyl or cyclic N) is 1. The number of phenolic OH excluding ortho intramolecular Hbond substituents is 1. The lowest BCUT2D eigenvalue weighted by molar-refractivity contribution is -0.140. The highest BCUT2D eigenvalue weighted by atomic mass is 35.5. The minimum Gasteiger partial charge on any atom is -0.507 e. The number of carboxylic acid groups (broad SMARTS) is 2. The SMILES string of the molecule is Cc1cc(O)c(C=O)c2c1C(=O)Oc1c(COC(=O)C=CC(=O)O)c(O)c(C(=O)O)c(C)c1O2.Cl.Cl.OCCN1CCN(CCCN2c3ccccc3Sc3ccc(C(F)(F)F)cc32)CC1. The minimum absolute atomic E-state index is 0. The normalized spacial score (nSPS) is 14.3. The molecular formula is C44H44Cl2F3N3O13S. The second-order valence-electron chi connectivity index (χ2n) is 14.7. The Morgan fingerprint density at radius 3 is 2.12 bits per heavy atom. The Hall–Kier alpha value is -6.03. The van der Waals surface area contributed by atoms with E-state index >= 15 is 0 Å². The van der Waals surface area contributed by atoms with Crippen LogP contribution in [0.2, 0.25) is 0 Å². The standard InChI is InChI=1S/C22H26F3N3OS.C22H16O12.2ClH/c23-22(24,25)17-6-7-21-19(16-17)28(18-4-1-2-5-20(18)30-21)9-3-8-26-10-12-27(13-11-26)14-15-29;1-8-5-12(24)10(6-23)19-15(8)22(31)34-20-11(7-32-14(27)4-3-13(25)26)17(28)16(21(29)30)9(2)18(20)33-19;;/h1-2,4-7,16,29H,3,8-15H2;3-6,24,28H,7H2,1-2H3,(H,25,26)(H,29,30);2*1H. The predicted octanol–water partition coefficient (Wildman–Crippen LogP) is 7.39. The number of aliphatic hydroxyl groups excluding tert-OH is 1. The molecule has 0 aromatic heterocycles. The number of carbonyl (C=O) groups excluding carboxylic acids is 3. The number of piperazine rings is 1. The number of esters is 2. The van der Waals surface area contributed by atoms with Gasteiger partial charge in [-0.1, -0.05) is 23.9 Å². The maximum Gasteiger partial charge on any atom is 0.416 e. The van der Waals surface area contributed by atoms with E-state index in [4.69, 9.17) is 24.4 Å². The van der Waals surface area contributed by atoms with Crippen molar-refractivity contribution in [2.45, 2.75) is 42.8 Å². The number of ether oxygens (including phenoxy) is 3. The van der Waals surface area contributed by atoms with Crippen molar-refractivity contribution in [3.8, 4) is 28.7 Å². The van der Waals surface area contributed by atoms with Crippen LogP contribution in [0.25, 0.3) is 0 Å². The summed E-state index contributed by atoms with van der Waals surface area (Å²) < 4.78 is 55.8. The Balaban J connectivity index is 0.000000282. The summed E-state index contributed by atoms with van der Waals surface area (Å²) in [4.78, 5) is 67.2. The highest BCUT2D eigenvalue weighted by Gasteiger charge is 2.37. The first-order valence-electron chi connectivity index (χ1n) is 19.7. The molecule has 0 bridgehead atoms. The van der Waals surface area contributed by atoms with Crippen molar-refractivity contribution in [1.82, 2.24) is 9.80 Å². The maximum absolute atomic E-state index is 13.3. The molecule has 0 saturated carbocycles.